The molecule has 2 heterocycles. The number of pyridine rings is 1. The highest BCUT2D eigenvalue weighted by atomic mass is 35.5. The van der Waals surface area contributed by atoms with Crippen molar-refractivity contribution in [2.45, 2.75) is 20.4 Å². The number of nitrogens with one attached hydrogen (secondary N) is 1. The van der Waals surface area contributed by atoms with Gasteiger partial charge in [0.05, 0.1) is 24.1 Å². The first-order chi connectivity index (χ1) is 14.0. The average molecular weight is 411 g/mol. The lowest BCUT2D eigenvalue weighted by Gasteiger charge is -2.03. The third-order valence-electron chi connectivity index (χ3n) is 4.00. The molecular formula is C20H19ClN6O2. The Balaban J connectivity index is 1.63. The molecule has 29 heavy (non-hydrogen) atoms. The minimum absolute atomic E-state index is 0.0282. The number of hydrogen-bond acceptors (Lipinski definition) is 7. The van der Waals surface area contributed by atoms with Gasteiger partial charge in [0.2, 0.25) is 0 Å². The molecule has 1 amide bonds. The fourth-order valence-electron chi connectivity index (χ4n) is 2.54. The van der Waals surface area contributed by atoms with Crippen LogP contribution in [0.4, 0.5) is 5.69 Å². The van der Waals surface area contributed by atoms with Gasteiger partial charge >= 0.3 is 0 Å². The number of hydrogen-bond donors (Lipinski definition) is 2. The summed E-state index contributed by atoms with van der Waals surface area (Å²) in [5, 5.41) is 10.8. The monoisotopic (exact) mass is 410 g/mol. The van der Waals surface area contributed by atoms with Gasteiger partial charge in [-0.25, -0.2) is 0 Å². The largest absolute Gasteiger partial charge is 0.359 e. The van der Waals surface area contributed by atoms with E-state index in [-0.39, 0.29) is 12.3 Å². The number of halogens is 1. The third-order valence-corrected chi connectivity index (χ3v) is 4.23. The SMILES string of the molecule is Cc1ccc(N=C/C(=N\N)C(=O)NCc2cc(-c3cccc(Cl)c3)no2)c(C)n1. The molecule has 0 saturated carbocycles. The quantitative estimate of drug-likeness (QED) is 0.367. The molecule has 0 saturated heterocycles. The maximum Gasteiger partial charge on any atom is 0.273 e. The predicted molar refractivity (Wildman–Crippen MR) is 112 cm³/mol. The number of aromatic nitrogens is 2. The predicted octanol–water partition coefficient (Wildman–Crippen LogP) is 3.34. The van der Waals surface area contributed by atoms with Crippen LogP contribution >= 0.6 is 11.6 Å². The number of nitrogens with zero attached hydrogens (tertiary/aromatic N) is 4. The molecule has 9 heteroatoms. The second kappa shape index (κ2) is 9.11. The van der Waals surface area contributed by atoms with Gasteiger partial charge in [0.15, 0.2) is 11.5 Å². The van der Waals surface area contributed by atoms with Gasteiger partial charge in [-0.15, -0.1) is 0 Å². The second-order valence-electron chi connectivity index (χ2n) is 6.20. The summed E-state index contributed by atoms with van der Waals surface area (Å²) in [6.45, 7) is 3.84. The van der Waals surface area contributed by atoms with E-state index in [9.17, 15) is 4.79 Å². The molecule has 0 unspecified atom stereocenters. The molecule has 0 bridgehead atoms. The van der Waals surface area contributed by atoms with Gasteiger partial charge in [0.25, 0.3) is 5.91 Å². The van der Waals surface area contributed by atoms with Crippen molar-refractivity contribution in [3.63, 3.8) is 0 Å². The molecule has 3 aromatic rings. The van der Waals surface area contributed by atoms with Gasteiger partial charge in [-0.2, -0.15) is 5.10 Å². The van der Waals surface area contributed by atoms with Crippen molar-refractivity contribution in [3.8, 4) is 11.3 Å². The standard InChI is InChI=1S/C20H19ClN6O2/c1-12-6-7-17(13(2)25-12)23-11-19(26-22)20(28)24-10-16-9-18(27-29-16)14-4-3-5-15(21)8-14/h3-9,11H,10,22H2,1-2H3,(H,24,28)/b23-11?,26-19+. The molecule has 0 aliphatic rings. The van der Waals surface area contributed by atoms with Gasteiger partial charge in [-0.05, 0) is 38.1 Å². The van der Waals surface area contributed by atoms with Gasteiger partial charge < -0.3 is 15.7 Å². The summed E-state index contributed by atoms with van der Waals surface area (Å²) in [6, 6.07) is 12.6. The summed E-state index contributed by atoms with van der Waals surface area (Å²) < 4.78 is 5.26. The van der Waals surface area contributed by atoms with Crippen LogP contribution in [-0.4, -0.2) is 28.0 Å². The Hall–Kier alpha value is -3.52. The van der Waals surface area contributed by atoms with Crippen molar-refractivity contribution in [2.75, 3.05) is 0 Å². The molecule has 8 nitrogen and oxygen atoms in total. The van der Waals surface area contributed by atoms with Crippen LogP contribution in [0.5, 0.6) is 0 Å². The van der Waals surface area contributed by atoms with E-state index in [1.165, 1.54) is 6.21 Å². The van der Waals surface area contributed by atoms with Gasteiger partial charge in [-0.3, -0.25) is 14.8 Å². The molecular weight excluding hydrogens is 392 g/mol. The number of benzene rings is 1. The summed E-state index contributed by atoms with van der Waals surface area (Å²) in [7, 11) is 0. The highest BCUT2D eigenvalue weighted by Gasteiger charge is 2.12. The summed E-state index contributed by atoms with van der Waals surface area (Å²) in [5.74, 6) is 5.32. The van der Waals surface area contributed by atoms with Crippen molar-refractivity contribution in [2.24, 2.45) is 15.9 Å². The van der Waals surface area contributed by atoms with E-state index in [4.69, 9.17) is 22.0 Å². The maximum absolute atomic E-state index is 12.3. The van der Waals surface area contributed by atoms with Crippen LogP contribution in [0.2, 0.25) is 5.02 Å². The van der Waals surface area contributed by atoms with E-state index in [2.05, 4.69) is 25.6 Å². The maximum atomic E-state index is 12.3. The Morgan fingerprint density at radius 2 is 2.10 bits per heavy atom. The summed E-state index contributed by atoms with van der Waals surface area (Å²) in [4.78, 5) is 20.9. The number of aliphatic imine (C=N–C) groups is 1. The molecule has 0 spiro atoms. The smallest absolute Gasteiger partial charge is 0.273 e. The zero-order valence-corrected chi connectivity index (χ0v) is 16.6. The minimum Gasteiger partial charge on any atom is -0.359 e. The van der Waals surface area contributed by atoms with Crippen LogP contribution in [0.3, 0.4) is 0 Å². The highest BCUT2D eigenvalue weighted by Crippen LogP contribution is 2.22. The number of nitrogens with two attached hydrogens (primary N) is 1. The van der Waals surface area contributed by atoms with Crippen molar-refractivity contribution >= 4 is 35.1 Å². The van der Waals surface area contributed by atoms with Crippen LogP contribution < -0.4 is 11.2 Å². The lowest BCUT2D eigenvalue weighted by atomic mass is 10.1. The lowest BCUT2D eigenvalue weighted by molar-refractivity contribution is -0.114. The highest BCUT2D eigenvalue weighted by molar-refractivity contribution is 6.60. The van der Waals surface area contributed by atoms with E-state index in [0.717, 1.165) is 17.0 Å². The topological polar surface area (TPSA) is 119 Å². The normalized spacial score (nSPS) is 11.8. The van der Waals surface area contributed by atoms with Crippen molar-refractivity contribution in [1.82, 2.24) is 15.5 Å². The number of carbonyl (C=O) groups excluding carboxylic acids is 1. The summed E-state index contributed by atoms with van der Waals surface area (Å²) in [6.07, 6.45) is 1.30. The first-order valence-corrected chi connectivity index (χ1v) is 9.10. The zero-order chi connectivity index (χ0) is 20.8. The Bertz CT molecular complexity index is 1090. The van der Waals surface area contributed by atoms with Crippen LogP contribution in [0.25, 0.3) is 11.3 Å². The van der Waals surface area contributed by atoms with Crippen LogP contribution in [0, 0.1) is 13.8 Å². The number of hydrazone groups is 1. The molecule has 2 aromatic heterocycles. The van der Waals surface area contributed by atoms with Crippen molar-refractivity contribution in [1.29, 1.82) is 0 Å². The lowest BCUT2D eigenvalue weighted by Crippen LogP contribution is -2.32. The molecule has 1 aromatic carbocycles. The second-order valence-corrected chi connectivity index (χ2v) is 6.64. The van der Waals surface area contributed by atoms with E-state index in [1.807, 2.05) is 38.1 Å². The Morgan fingerprint density at radius 3 is 2.83 bits per heavy atom. The number of rotatable bonds is 6. The first-order valence-electron chi connectivity index (χ1n) is 8.72. The molecule has 3 rings (SSSR count). The Kier molecular flexibility index (Phi) is 6.36. The number of amides is 1. The molecule has 0 aliphatic heterocycles. The molecule has 0 aliphatic carbocycles. The summed E-state index contributed by atoms with van der Waals surface area (Å²) >= 11 is 5.99. The van der Waals surface area contributed by atoms with Crippen LogP contribution in [-0.2, 0) is 11.3 Å². The van der Waals surface area contributed by atoms with E-state index in [0.29, 0.717) is 22.2 Å². The molecule has 148 valence electrons. The van der Waals surface area contributed by atoms with E-state index in [1.54, 1.807) is 18.2 Å². The average Bonchev–Trinajstić information content (AvgIpc) is 3.17. The van der Waals surface area contributed by atoms with E-state index < -0.39 is 5.91 Å². The fraction of sp³-hybridized carbons (Fsp3) is 0.150. The van der Waals surface area contributed by atoms with Crippen molar-refractivity contribution < 1.29 is 9.32 Å². The molecule has 0 atom stereocenters. The molecule has 0 fully saturated rings. The summed E-state index contributed by atoms with van der Waals surface area (Å²) in [5.41, 5.74) is 3.67. The zero-order valence-electron chi connectivity index (χ0n) is 15.9. The van der Waals surface area contributed by atoms with Crippen LogP contribution in [0.15, 0.2) is 57.1 Å². The first kappa shape index (κ1) is 20.2. The molecule has 0 radical (unpaired) electrons. The fourth-order valence-corrected chi connectivity index (χ4v) is 2.73. The Labute approximate surface area is 172 Å². The van der Waals surface area contributed by atoms with Gasteiger partial charge in [-0.1, -0.05) is 28.9 Å². The Morgan fingerprint density at radius 1 is 1.28 bits per heavy atom. The number of aryl methyl sites for hydroxylation is 2. The van der Waals surface area contributed by atoms with Crippen LogP contribution in [0.1, 0.15) is 17.1 Å². The van der Waals surface area contributed by atoms with E-state index >= 15 is 0 Å². The minimum atomic E-state index is -0.491. The molecule has 3 N–H and O–H groups in total. The van der Waals surface area contributed by atoms with Gasteiger partial charge in [0.1, 0.15) is 5.69 Å². The van der Waals surface area contributed by atoms with Gasteiger partial charge in [0, 0.05) is 22.3 Å². The van der Waals surface area contributed by atoms with Crippen molar-refractivity contribution in [3.05, 3.63) is 64.6 Å². The number of carbonyl (C=O) groups is 1. The third kappa shape index (κ3) is 5.26.